The fraction of sp³-hybridized carbons (Fsp3) is 0.167. The van der Waals surface area contributed by atoms with Gasteiger partial charge in [-0.3, -0.25) is 4.79 Å². The average molecular weight is 376 g/mol. The summed E-state index contributed by atoms with van der Waals surface area (Å²) in [5.41, 5.74) is 0.845. The van der Waals surface area contributed by atoms with Gasteiger partial charge in [-0.25, -0.2) is 4.39 Å². The van der Waals surface area contributed by atoms with Crippen LogP contribution in [0.1, 0.15) is 12.3 Å². The van der Waals surface area contributed by atoms with Crippen LogP contribution in [0.4, 0.5) is 10.1 Å². The number of nitrogens with one attached hydrogen (secondary N) is 1. The molecule has 0 aliphatic carbocycles. The lowest BCUT2D eigenvalue weighted by Gasteiger charge is -2.05. The van der Waals surface area contributed by atoms with Gasteiger partial charge in [-0.15, -0.1) is 0 Å². The zero-order valence-electron chi connectivity index (χ0n) is 13.8. The van der Waals surface area contributed by atoms with Crippen molar-refractivity contribution in [2.75, 3.05) is 12.4 Å². The summed E-state index contributed by atoms with van der Waals surface area (Å²) in [6.07, 6.45) is 0.316. The number of carbonyl (C=O) groups is 1. The highest BCUT2D eigenvalue weighted by Crippen LogP contribution is 2.21. The number of ether oxygens (including phenoxy) is 1. The maximum absolute atomic E-state index is 13.7. The SMILES string of the molecule is COc1ccc(-c2noc(CCC(=O)Nc3ccc(Cl)cc3F)n2)cc1. The average Bonchev–Trinajstić information content (AvgIpc) is 3.11. The van der Waals surface area contributed by atoms with Crippen LogP contribution >= 0.6 is 11.6 Å². The molecule has 6 nitrogen and oxygen atoms in total. The van der Waals surface area contributed by atoms with Crippen LogP contribution in [0.25, 0.3) is 11.4 Å². The number of amides is 1. The van der Waals surface area contributed by atoms with E-state index in [9.17, 15) is 9.18 Å². The van der Waals surface area contributed by atoms with E-state index in [1.54, 1.807) is 19.2 Å². The van der Waals surface area contributed by atoms with Gasteiger partial charge in [0.2, 0.25) is 17.6 Å². The first-order valence-corrected chi connectivity index (χ1v) is 8.15. The Kier molecular flexibility index (Phi) is 5.48. The van der Waals surface area contributed by atoms with Crippen molar-refractivity contribution >= 4 is 23.2 Å². The second-order valence-corrected chi connectivity index (χ2v) is 5.85. The van der Waals surface area contributed by atoms with Crippen LogP contribution in [-0.2, 0) is 11.2 Å². The van der Waals surface area contributed by atoms with Crippen LogP contribution in [0, 0.1) is 5.82 Å². The van der Waals surface area contributed by atoms with Gasteiger partial charge < -0.3 is 14.6 Å². The molecule has 134 valence electrons. The van der Waals surface area contributed by atoms with Crippen LogP contribution in [0.5, 0.6) is 5.75 Å². The third-order valence-electron chi connectivity index (χ3n) is 3.59. The van der Waals surface area contributed by atoms with Crippen molar-refractivity contribution < 1.29 is 18.4 Å². The zero-order chi connectivity index (χ0) is 18.5. The quantitative estimate of drug-likeness (QED) is 0.701. The Bertz CT molecular complexity index is 912. The van der Waals surface area contributed by atoms with Crippen molar-refractivity contribution in [1.82, 2.24) is 10.1 Å². The second kappa shape index (κ2) is 7.97. The topological polar surface area (TPSA) is 77.2 Å². The summed E-state index contributed by atoms with van der Waals surface area (Å²) in [4.78, 5) is 16.2. The number of aromatic nitrogens is 2. The Morgan fingerprint density at radius 1 is 1.27 bits per heavy atom. The molecular formula is C18H15ClFN3O3. The normalized spacial score (nSPS) is 10.6. The first kappa shape index (κ1) is 17.9. The molecule has 2 aromatic carbocycles. The van der Waals surface area contributed by atoms with Gasteiger partial charge in [-0.05, 0) is 42.5 Å². The molecule has 0 saturated carbocycles. The van der Waals surface area contributed by atoms with Gasteiger partial charge in [-0.1, -0.05) is 16.8 Å². The summed E-state index contributed by atoms with van der Waals surface area (Å²) in [5.74, 6) is 0.513. The van der Waals surface area contributed by atoms with E-state index >= 15 is 0 Å². The summed E-state index contributed by atoms with van der Waals surface area (Å²) in [5, 5.41) is 6.64. The number of rotatable bonds is 6. The molecule has 0 aliphatic rings. The molecule has 0 atom stereocenters. The van der Waals surface area contributed by atoms with Gasteiger partial charge in [0.15, 0.2) is 0 Å². The van der Waals surface area contributed by atoms with E-state index in [2.05, 4.69) is 15.5 Å². The standard InChI is InChI=1S/C18H15ClFN3O3/c1-25-13-5-2-11(3-6-13)18-22-17(26-23-18)9-8-16(24)21-15-7-4-12(19)10-14(15)20/h2-7,10H,8-9H2,1H3,(H,21,24). The fourth-order valence-corrected chi connectivity index (χ4v) is 2.40. The highest BCUT2D eigenvalue weighted by Gasteiger charge is 2.12. The number of benzene rings is 2. The molecule has 8 heteroatoms. The Morgan fingerprint density at radius 2 is 2.04 bits per heavy atom. The number of aryl methyl sites for hydroxylation is 1. The molecular weight excluding hydrogens is 361 g/mol. The number of anilines is 1. The van der Waals surface area contributed by atoms with Crippen LogP contribution in [0.2, 0.25) is 5.02 Å². The molecule has 0 unspecified atom stereocenters. The minimum absolute atomic E-state index is 0.0730. The van der Waals surface area contributed by atoms with Crippen LogP contribution in [0.15, 0.2) is 47.0 Å². The number of methoxy groups -OCH3 is 1. The first-order chi connectivity index (χ1) is 12.5. The maximum atomic E-state index is 13.7. The lowest BCUT2D eigenvalue weighted by Crippen LogP contribution is -2.13. The molecule has 0 radical (unpaired) electrons. The van der Waals surface area contributed by atoms with E-state index in [0.29, 0.717) is 11.7 Å². The van der Waals surface area contributed by atoms with E-state index in [1.807, 2.05) is 12.1 Å². The van der Waals surface area contributed by atoms with Crippen molar-refractivity contribution in [3.8, 4) is 17.1 Å². The van der Waals surface area contributed by atoms with E-state index in [4.69, 9.17) is 20.9 Å². The largest absolute Gasteiger partial charge is 0.497 e. The molecule has 0 saturated heterocycles. The molecule has 0 fully saturated rings. The van der Waals surface area contributed by atoms with E-state index in [-0.39, 0.29) is 29.5 Å². The van der Waals surface area contributed by atoms with Crippen molar-refractivity contribution in [2.45, 2.75) is 12.8 Å². The summed E-state index contributed by atoms with van der Waals surface area (Å²) < 4.78 is 23.9. The molecule has 1 aromatic heterocycles. The highest BCUT2D eigenvalue weighted by atomic mass is 35.5. The smallest absolute Gasteiger partial charge is 0.227 e. The van der Waals surface area contributed by atoms with E-state index in [0.717, 1.165) is 17.4 Å². The van der Waals surface area contributed by atoms with E-state index in [1.165, 1.54) is 12.1 Å². The van der Waals surface area contributed by atoms with Gasteiger partial charge in [-0.2, -0.15) is 4.98 Å². The summed E-state index contributed by atoms with van der Waals surface area (Å²) in [7, 11) is 1.59. The van der Waals surface area contributed by atoms with Gasteiger partial charge in [0.05, 0.1) is 12.8 Å². The highest BCUT2D eigenvalue weighted by molar-refractivity contribution is 6.30. The Labute approximate surface area is 153 Å². The minimum atomic E-state index is -0.592. The van der Waals surface area contributed by atoms with E-state index < -0.39 is 5.82 Å². The first-order valence-electron chi connectivity index (χ1n) is 7.77. The van der Waals surface area contributed by atoms with Crippen LogP contribution in [0.3, 0.4) is 0 Å². The van der Waals surface area contributed by atoms with Crippen molar-refractivity contribution in [3.63, 3.8) is 0 Å². The van der Waals surface area contributed by atoms with Crippen molar-refractivity contribution in [2.24, 2.45) is 0 Å². The molecule has 1 N–H and O–H groups in total. The monoisotopic (exact) mass is 375 g/mol. The zero-order valence-corrected chi connectivity index (χ0v) is 14.6. The predicted octanol–water partition coefficient (Wildman–Crippen LogP) is 4.11. The number of carbonyl (C=O) groups excluding carboxylic acids is 1. The van der Waals surface area contributed by atoms with Gasteiger partial charge in [0.1, 0.15) is 11.6 Å². The fourth-order valence-electron chi connectivity index (χ4n) is 2.24. The van der Waals surface area contributed by atoms with Crippen LogP contribution < -0.4 is 10.1 Å². The molecule has 0 spiro atoms. The summed E-state index contributed by atoms with van der Waals surface area (Å²) >= 11 is 5.68. The Balaban J connectivity index is 1.58. The number of hydrogen-bond donors (Lipinski definition) is 1. The minimum Gasteiger partial charge on any atom is -0.497 e. The third-order valence-corrected chi connectivity index (χ3v) is 3.82. The van der Waals surface area contributed by atoms with Gasteiger partial charge >= 0.3 is 0 Å². The van der Waals surface area contributed by atoms with Crippen molar-refractivity contribution in [1.29, 1.82) is 0 Å². The Hall–Kier alpha value is -2.93. The van der Waals surface area contributed by atoms with Crippen LogP contribution in [-0.4, -0.2) is 23.2 Å². The number of nitrogens with zero attached hydrogens (tertiary/aromatic N) is 2. The van der Waals surface area contributed by atoms with Gasteiger partial charge in [0.25, 0.3) is 0 Å². The molecule has 0 bridgehead atoms. The lowest BCUT2D eigenvalue weighted by molar-refractivity contribution is -0.116. The molecule has 0 aliphatic heterocycles. The summed E-state index contributed by atoms with van der Waals surface area (Å²) in [6.45, 7) is 0. The maximum Gasteiger partial charge on any atom is 0.227 e. The molecule has 3 aromatic rings. The molecule has 3 rings (SSSR count). The number of hydrogen-bond acceptors (Lipinski definition) is 5. The predicted molar refractivity (Wildman–Crippen MR) is 94.6 cm³/mol. The molecule has 1 heterocycles. The second-order valence-electron chi connectivity index (χ2n) is 5.41. The number of halogens is 2. The molecule has 1 amide bonds. The third kappa shape index (κ3) is 4.37. The Morgan fingerprint density at radius 3 is 2.73 bits per heavy atom. The molecule has 26 heavy (non-hydrogen) atoms. The van der Waals surface area contributed by atoms with Gasteiger partial charge in [0, 0.05) is 23.4 Å². The van der Waals surface area contributed by atoms with Crippen molar-refractivity contribution in [3.05, 3.63) is 59.2 Å². The summed E-state index contributed by atoms with van der Waals surface area (Å²) in [6, 6.07) is 11.2. The lowest BCUT2D eigenvalue weighted by atomic mass is 10.2.